The average molecular weight is 451 g/mol. The molecule has 4 rings (SSSR count). The Hall–Kier alpha value is -3.65. The van der Waals surface area contributed by atoms with Crippen molar-refractivity contribution >= 4 is 23.4 Å². The highest BCUT2D eigenvalue weighted by Gasteiger charge is 2.33. The lowest BCUT2D eigenvalue weighted by atomic mass is 9.96. The number of methoxy groups -OCH3 is 3. The SMILES string of the molecule is COC(=O)C1=C(C)N=c2sc(=Cc3ccc(OC)cc3)c(=O)n2C1c1ccc(OC)cc1. The number of hydrogen-bond donors (Lipinski definition) is 0. The molecule has 0 bridgehead atoms. The zero-order chi connectivity index (χ0) is 22.8. The third-order valence-corrected chi connectivity index (χ3v) is 6.26. The van der Waals surface area contributed by atoms with Crippen LogP contribution in [0.2, 0.25) is 0 Å². The van der Waals surface area contributed by atoms with E-state index in [4.69, 9.17) is 14.2 Å². The Kier molecular flexibility index (Phi) is 5.96. The molecule has 0 N–H and O–H groups in total. The summed E-state index contributed by atoms with van der Waals surface area (Å²) in [6.07, 6.45) is 1.81. The van der Waals surface area contributed by atoms with Crippen LogP contribution in [0.4, 0.5) is 0 Å². The van der Waals surface area contributed by atoms with Gasteiger partial charge < -0.3 is 14.2 Å². The van der Waals surface area contributed by atoms with E-state index in [1.54, 1.807) is 37.8 Å². The fourth-order valence-electron chi connectivity index (χ4n) is 3.65. The highest BCUT2D eigenvalue weighted by atomic mass is 32.1. The molecular weight excluding hydrogens is 428 g/mol. The van der Waals surface area contributed by atoms with Crippen LogP contribution in [0.15, 0.2) is 69.6 Å². The van der Waals surface area contributed by atoms with Gasteiger partial charge in [0.1, 0.15) is 11.5 Å². The van der Waals surface area contributed by atoms with E-state index < -0.39 is 12.0 Å². The van der Waals surface area contributed by atoms with Gasteiger partial charge in [0.15, 0.2) is 4.80 Å². The lowest BCUT2D eigenvalue weighted by Crippen LogP contribution is -2.39. The number of esters is 1. The number of aromatic nitrogens is 1. The highest BCUT2D eigenvalue weighted by molar-refractivity contribution is 7.07. The van der Waals surface area contributed by atoms with Gasteiger partial charge in [-0.3, -0.25) is 9.36 Å². The fraction of sp³-hybridized carbons (Fsp3) is 0.208. The maximum atomic E-state index is 13.5. The van der Waals surface area contributed by atoms with Gasteiger partial charge in [0.2, 0.25) is 0 Å². The summed E-state index contributed by atoms with van der Waals surface area (Å²) in [5.74, 6) is 0.902. The standard InChI is InChI=1S/C24H22N2O5S/c1-14-20(23(28)31-4)21(16-7-11-18(30-3)12-8-16)26-22(27)19(32-24(26)25-14)13-15-5-9-17(29-2)10-6-15/h5-13,21H,1-4H3. The van der Waals surface area contributed by atoms with E-state index in [-0.39, 0.29) is 5.56 Å². The molecule has 1 atom stereocenters. The lowest BCUT2D eigenvalue weighted by Gasteiger charge is -2.24. The van der Waals surface area contributed by atoms with E-state index in [9.17, 15) is 9.59 Å². The lowest BCUT2D eigenvalue weighted by molar-refractivity contribution is -0.136. The molecule has 2 heterocycles. The molecule has 0 saturated heterocycles. The van der Waals surface area contributed by atoms with Gasteiger partial charge in [0.25, 0.3) is 5.56 Å². The summed E-state index contributed by atoms with van der Waals surface area (Å²) in [7, 11) is 4.51. The third-order valence-electron chi connectivity index (χ3n) is 5.27. The topological polar surface area (TPSA) is 79.1 Å². The molecule has 0 spiro atoms. The van der Waals surface area contributed by atoms with Crippen LogP contribution >= 0.6 is 11.3 Å². The molecule has 2 aromatic carbocycles. The van der Waals surface area contributed by atoms with Gasteiger partial charge in [0, 0.05) is 0 Å². The Morgan fingerprint density at radius 2 is 1.59 bits per heavy atom. The first-order valence-corrected chi connectivity index (χ1v) is 10.7. The van der Waals surface area contributed by atoms with Crippen LogP contribution in [0, 0.1) is 0 Å². The number of thiazole rings is 1. The number of hydrogen-bond acceptors (Lipinski definition) is 7. The number of nitrogens with zero attached hydrogens (tertiary/aromatic N) is 2. The monoisotopic (exact) mass is 450 g/mol. The molecule has 3 aromatic rings. The Bertz CT molecular complexity index is 1370. The fourth-order valence-corrected chi connectivity index (χ4v) is 4.69. The zero-order valence-electron chi connectivity index (χ0n) is 18.1. The van der Waals surface area contributed by atoms with E-state index in [1.807, 2.05) is 42.5 Å². The summed E-state index contributed by atoms with van der Waals surface area (Å²) in [5, 5.41) is 0. The van der Waals surface area contributed by atoms with Gasteiger partial charge in [-0.15, -0.1) is 0 Å². The second-order valence-corrected chi connectivity index (χ2v) is 8.13. The first kappa shape index (κ1) is 21.6. The van der Waals surface area contributed by atoms with E-state index in [1.165, 1.54) is 18.4 Å². The van der Waals surface area contributed by atoms with Gasteiger partial charge in [-0.25, -0.2) is 9.79 Å². The van der Waals surface area contributed by atoms with Gasteiger partial charge in [-0.05, 0) is 48.4 Å². The second-order valence-electron chi connectivity index (χ2n) is 7.12. The van der Waals surface area contributed by atoms with Crippen molar-refractivity contribution in [2.45, 2.75) is 13.0 Å². The number of fused-ring (bicyclic) bond motifs is 1. The second kappa shape index (κ2) is 8.84. The molecule has 0 radical (unpaired) electrons. The molecular formula is C24H22N2O5S. The summed E-state index contributed by atoms with van der Waals surface area (Å²) in [4.78, 5) is 31.2. The highest BCUT2D eigenvalue weighted by Crippen LogP contribution is 2.31. The predicted octanol–water partition coefficient (Wildman–Crippen LogP) is 2.43. The van der Waals surface area contributed by atoms with Gasteiger partial charge in [-0.2, -0.15) is 0 Å². The first-order valence-electron chi connectivity index (χ1n) is 9.85. The summed E-state index contributed by atoms with van der Waals surface area (Å²) in [5.41, 5.74) is 2.26. The third kappa shape index (κ3) is 3.85. The van der Waals surface area contributed by atoms with Crippen molar-refractivity contribution in [3.63, 3.8) is 0 Å². The smallest absolute Gasteiger partial charge is 0.338 e. The van der Waals surface area contributed by atoms with Crippen molar-refractivity contribution in [3.05, 3.63) is 90.6 Å². The molecule has 0 saturated carbocycles. The van der Waals surface area contributed by atoms with Crippen molar-refractivity contribution in [1.29, 1.82) is 0 Å². The molecule has 1 aromatic heterocycles. The summed E-state index contributed by atoms with van der Waals surface area (Å²) in [6.45, 7) is 1.75. The van der Waals surface area contributed by atoms with Crippen LogP contribution in [0.25, 0.3) is 6.08 Å². The summed E-state index contributed by atoms with van der Waals surface area (Å²) in [6, 6.07) is 14.1. The van der Waals surface area contributed by atoms with E-state index >= 15 is 0 Å². The maximum absolute atomic E-state index is 13.5. The van der Waals surface area contributed by atoms with Crippen LogP contribution in [-0.2, 0) is 9.53 Å². The first-order chi connectivity index (χ1) is 15.5. The van der Waals surface area contributed by atoms with Crippen LogP contribution in [-0.4, -0.2) is 31.9 Å². The molecule has 1 unspecified atom stereocenters. The minimum Gasteiger partial charge on any atom is -0.497 e. The Labute approximate surface area is 188 Å². The van der Waals surface area contributed by atoms with E-state index in [2.05, 4.69) is 4.99 Å². The van der Waals surface area contributed by atoms with Crippen molar-refractivity contribution in [1.82, 2.24) is 4.57 Å². The summed E-state index contributed by atoms with van der Waals surface area (Å²) < 4.78 is 17.5. The summed E-state index contributed by atoms with van der Waals surface area (Å²) >= 11 is 1.28. The molecule has 164 valence electrons. The molecule has 0 fully saturated rings. The molecule has 7 nitrogen and oxygen atoms in total. The van der Waals surface area contributed by atoms with Crippen LogP contribution < -0.4 is 24.4 Å². The number of carbonyl (C=O) groups is 1. The molecule has 1 aliphatic rings. The van der Waals surface area contributed by atoms with Crippen LogP contribution in [0.3, 0.4) is 0 Å². The number of ether oxygens (including phenoxy) is 3. The molecule has 0 aliphatic carbocycles. The maximum Gasteiger partial charge on any atom is 0.338 e. The predicted molar refractivity (Wildman–Crippen MR) is 122 cm³/mol. The normalized spacial score (nSPS) is 15.8. The van der Waals surface area contributed by atoms with Gasteiger partial charge >= 0.3 is 5.97 Å². The molecule has 1 aliphatic heterocycles. The Morgan fingerprint density at radius 1 is 1.00 bits per heavy atom. The number of allylic oxidation sites excluding steroid dienone is 1. The van der Waals surface area contributed by atoms with E-state index in [0.717, 1.165) is 16.9 Å². The van der Waals surface area contributed by atoms with Crippen LogP contribution in [0.1, 0.15) is 24.1 Å². The van der Waals surface area contributed by atoms with Crippen molar-refractivity contribution in [3.8, 4) is 11.5 Å². The van der Waals surface area contributed by atoms with E-state index in [0.29, 0.717) is 26.4 Å². The van der Waals surface area contributed by atoms with Crippen molar-refractivity contribution in [2.75, 3.05) is 21.3 Å². The number of carbonyl (C=O) groups excluding carboxylic acids is 1. The zero-order valence-corrected chi connectivity index (χ0v) is 18.9. The molecule has 8 heteroatoms. The largest absolute Gasteiger partial charge is 0.497 e. The Morgan fingerprint density at radius 3 is 2.16 bits per heavy atom. The van der Waals surface area contributed by atoms with Crippen molar-refractivity contribution < 1.29 is 19.0 Å². The van der Waals surface area contributed by atoms with Gasteiger partial charge in [0.05, 0.1) is 43.2 Å². The van der Waals surface area contributed by atoms with Crippen molar-refractivity contribution in [2.24, 2.45) is 4.99 Å². The molecule has 32 heavy (non-hydrogen) atoms. The number of rotatable bonds is 5. The molecule has 0 amide bonds. The van der Waals surface area contributed by atoms with Crippen LogP contribution in [0.5, 0.6) is 11.5 Å². The minimum absolute atomic E-state index is 0.223. The average Bonchev–Trinajstić information content (AvgIpc) is 3.12. The number of benzene rings is 2. The van der Waals surface area contributed by atoms with Gasteiger partial charge in [-0.1, -0.05) is 35.6 Å². The Balaban J connectivity index is 1.92. The minimum atomic E-state index is -0.650. The quantitative estimate of drug-likeness (QED) is 0.558.